The summed E-state index contributed by atoms with van der Waals surface area (Å²) >= 11 is 1.56. The van der Waals surface area contributed by atoms with Crippen molar-refractivity contribution in [3.05, 3.63) is 36.4 Å². The predicted octanol–water partition coefficient (Wildman–Crippen LogP) is 5.22. The van der Waals surface area contributed by atoms with Gasteiger partial charge in [0.15, 0.2) is 0 Å². The van der Waals surface area contributed by atoms with Crippen molar-refractivity contribution < 1.29 is 38.5 Å². The van der Waals surface area contributed by atoms with Gasteiger partial charge in [-0.2, -0.15) is 0 Å². The highest BCUT2D eigenvalue weighted by Gasteiger charge is 2.61. The van der Waals surface area contributed by atoms with E-state index in [2.05, 4.69) is 10.6 Å². The van der Waals surface area contributed by atoms with Crippen LogP contribution in [0.3, 0.4) is 0 Å². The maximum Gasteiger partial charge on any atom is 0.407 e. The lowest BCUT2D eigenvalue weighted by Crippen LogP contribution is -2.53. The van der Waals surface area contributed by atoms with Crippen LogP contribution in [0.25, 0.3) is 10.9 Å². The summed E-state index contributed by atoms with van der Waals surface area (Å²) in [6.07, 6.45) is 11.6. The largest absolute Gasteiger partial charge is 0.488 e. The summed E-state index contributed by atoms with van der Waals surface area (Å²) in [5.74, 6) is -1.35. The van der Waals surface area contributed by atoms with Crippen LogP contribution in [0, 0.1) is 5.92 Å². The van der Waals surface area contributed by atoms with Crippen LogP contribution in [0.5, 0.6) is 11.6 Å². The summed E-state index contributed by atoms with van der Waals surface area (Å²) in [4.78, 5) is 60.5. The molecule has 1 aromatic heterocycles. The Labute approximate surface area is 290 Å². The van der Waals surface area contributed by atoms with Gasteiger partial charge in [0.1, 0.15) is 29.5 Å². The molecule has 3 N–H and O–H groups in total. The summed E-state index contributed by atoms with van der Waals surface area (Å²) in [6.45, 7) is 2.40. The molecule has 13 heteroatoms. The van der Waals surface area contributed by atoms with E-state index < -0.39 is 41.7 Å². The number of aromatic nitrogens is 1. The van der Waals surface area contributed by atoms with Gasteiger partial charge in [0.25, 0.3) is 0 Å². The van der Waals surface area contributed by atoms with Crippen molar-refractivity contribution in [1.82, 2.24) is 20.5 Å². The van der Waals surface area contributed by atoms with Crippen LogP contribution in [0.15, 0.2) is 41.3 Å². The molecule has 49 heavy (non-hydrogen) atoms. The SMILES string of the molecule is CCOc1cc(O[C@@H]2C[C@H]3C(=O)N[C@]4(C(=O)O)C[C@@H]4/C=C\CCCC[C@H](NC(=O)OC4CCCC4)CC(=O)N3C2)c2cccc(SC)c2n1. The minimum atomic E-state index is -1.41. The molecule has 264 valence electrons. The number of hydrogen-bond donors (Lipinski definition) is 3. The first-order valence-electron chi connectivity index (χ1n) is 17.5. The zero-order valence-corrected chi connectivity index (χ0v) is 29.0. The van der Waals surface area contributed by atoms with Crippen LogP contribution in [0.1, 0.15) is 77.6 Å². The number of carbonyl (C=O) groups excluding carboxylic acids is 3. The summed E-state index contributed by atoms with van der Waals surface area (Å²) in [7, 11) is 0. The topological polar surface area (TPSA) is 156 Å². The molecule has 2 aliphatic carbocycles. The highest BCUT2D eigenvalue weighted by Crippen LogP contribution is 2.45. The quantitative estimate of drug-likeness (QED) is 0.247. The fourth-order valence-electron chi connectivity index (χ4n) is 7.33. The van der Waals surface area contributed by atoms with Crippen LogP contribution in [0.2, 0.25) is 0 Å². The molecule has 5 atom stereocenters. The maximum atomic E-state index is 14.1. The Bertz CT molecular complexity index is 1600. The van der Waals surface area contributed by atoms with Gasteiger partial charge in [0.2, 0.25) is 17.7 Å². The van der Waals surface area contributed by atoms with Crippen molar-refractivity contribution in [1.29, 1.82) is 0 Å². The van der Waals surface area contributed by atoms with Gasteiger partial charge >= 0.3 is 12.1 Å². The Balaban J connectivity index is 1.27. The van der Waals surface area contributed by atoms with Crippen LogP contribution in [0.4, 0.5) is 4.79 Å². The number of nitrogens with one attached hydrogen (secondary N) is 2. The Morgan fingerprint density at radius 3 is 2.69 bits per heavy atom. The first kappa shape index (κ1) is 34.8. The number of carbonyl (C=O) groups is 4. The number of carboxylic acids is 1. The van der Waals surface area contributed by atoms with Crippen molar-refractivity contribution >= 4 is 46.5 Å². The molecule has 3 fully saturated rings. The summed E-state index contributed by atoms with van der Waals surface area (Å²) in [5, 5.41) is 16.7. The number of fused-ring (bicyclic) bond motifs is 3. The average Bonchev–Trinajstić information content (AvgIpc) is 3.35. The van der Waals surface area contributed by atoms with E-state index in [1.165, 1.54) is 4.90 Å². The van der Waals surface area contributed by atoms with Crippen molar-refractivity contribution in [2.24, 2.45) is 5.92 Å². The normalized spacial score (nSPS) is 28.4. The molecular formula is C36H46N4O8S. The molecule has 3 amide bonds. The first-order valence-corrected chi connectivity index (χ1v) is 18.7. The number of benzene rings is 1. The smallest absolute Gasteiger partial charge is 0.407 e. The lowest BCUT2D eigenvalue weighted by Gasteiger charge is -2.27. The van der Waals surface area contributed by atoms with E-state index in [1.807, 2.05) is 43.5 Å². The maximum absolute atomic E-state index is 14.1. The molecular weight excluding hydrogens is 648 g/mol. The monoisotopic (exact) mass is 694 g/mol. The molecule has 0 bridgehead atoms. The lowest BCUT2D eigenvalue weighted by atomic mass is 10.0. The molecule has 1 aromatic carbocycles. The van der Waals surface area contributed by atoms with E-state index in [-0.39, 0.29) is 37.3 Å². The highest BCUT2D eigenvalue weighted by molar-refractivity contribution is 7.98. The van der Waals surface area contributed by atoms with Gasteiger partial charge in [-0.3, -0.25) is 9.59 Å². The number of rotatable bonds is 8. The second-order valence-corrected chi connectivity index (χ2v) is 14.3. The molecule has 12 nitrogen and oxygen atoms in total. The van der Waals surface area contributed by atoms with Gasteiger partial charge in [0.05, 0.1) is 18.7 Å². The van der Waals surface area contributed by atoms with Gasteiger partial charge in [-0.25, -0.2) is 14.6 Å². The Hall–Kier alpha value is -4.00. The standard InChI is InChI=1S/C36H46N4O8S/c1-3-46-30-19-28(26-15-10-16-29(49-2)32(26)38-30)47-25-18-27-33(42)39-36(34(43)44)20-22(36)11-6-4-5-7-12-23(17-31(41)40(27)21-25)37-35(45)48-24-13-8-9-14-24/h6,10-11,15-16,19,22-25,27H,3-5,7-9,12-14,17-18,20-21H2,1-2H3,(H,37,45)(H,39,42)(H,43,44)/b11-6-/t22-,23-,25+,27-,36+/m0/s1. The number of aliphatic carboxylic acids is 1. The zero-order valence-electron chi connectivity index (χ0n) is 28.2. The fourth-order valence-corrected chi connectivity index (χ4v) is 7.89. The van der Waals surface area contributed by atoms with Crippen LogP contribution < -0.4 is 20.1 Å². The van der Waals surface area contributed by atoms with Crippen molar-refractivity contribution in [3.63, 3.8) is 0 Å². The molecule has 1 saturated heterocycles. The van der Waals surface area contributed by atoms with Crippen molar-refractivity contribution in [3.8, 4) is 11.6 Å². The molecule has 2 saturated carbocycles. The van der Waals surface area contributed by atoms with Gasteiger partial charge in [-0.15, -0.1) is 11.8 Å². The molecule has 6 rings (SSSR count). The third kappa shape index (κ3) is 7.92. The lowest BCUT2D eigenvalue weighted by molar-refractivity contribution is -0.145. The van der Waals surface area contributed by atoms with Crippen LogP contribution >= 0.6 is 11.8 Å². The number of pyridine rings is 1. The molecule has 2 aromatic rings. The van der Waals surface area contributed by atoms with E-state index >= 15 is 0 Å². The molecule has 0 unspecified atom stereocenters. The fraction of sp³-hybridized carbons (Fsp3) is 0.583. The van der Waals surface area contributed by atoms with Crippen molar-refractivity contribution in [2.75, 3.05) is 19.4 Å². The number of allylic oxidation sites excluding steroid dienone is 1. The van der Waals surface area contributed by atoms with Gasteiger partial charge < -0.3 is 34.9 Å². The van der Waals surface area contributed by atoms with E-state index in [0.717, 1.165) is 60.7 Å². The summed E-state index contributed by atoms with van der Waals surface area (Å²) in [6, 6.07) is 6.09. The summed E-state index contributed by atoms with van der Waals surface area (Å²) < 4.78 is 18.0. The highest BCUT2D eigenvalue weighted by atomic mass is 32.2. The molecule has 3 heterocycles. The third-order valence-corrected chi connectivity index (χ3v) is 10.8. The first-order chi connectivity index (χ1) is 23.7. The van der Waals surface area contributed by atoms with Crippen LogP contribution in [-0.2, 0) is 19.1 Å². The molecule has 0 radical (unpaired) electrons. The second-order valence-electron chi connectivity index (χ2n) is 13.4. The van der Waals surface area contributed by atoms with E-state index in [1.54, 1.807) is 17.8 Å². The minimum absolute atomic E-state index is 0.0252. The summed E-state index contributed by atoms with van der Waals surface area (Å²) in [5.41, 5.74) is -0.676. The van der Waals surface area contributed by atoms with Gasteiger partial charge in [0, 0.05) is 41.1 Å². The van der Waals surface area contributed by atoms with Crippen molar-refractivity contribution in [2.45, 2.75) is 112 Å². The second kappa shape index (κ2) is 15.3. The Kier molecular flexibility index (Phi) is 10.9. The predicted molar refractivity (Wildman–Crippen MR) is 184 cm³/mol. The zero-order chi connectivity index (χ0) is 34.5. The molecule has 4 aliphatic rings. The number of amides is 3. The number of ether oxygens (including phenoxy) is 3. The number of carboxylic acid groups (broad SMARTS) is 1. The number of thioether (sulfide) groups is 1. The molecule has 0 spiro atoms. The van der Waals surface area contributed by atoms with Gasteiger partial charge in [-0.05, 0) is 76.7 Å². The third-order valence-electron chi connectivity index (χ3n) is 10.0. The van der Waals surface area contributed by atoms with Gasteiger partial charge in [-0.1, -0.05) is 24.6 Å². The number of nitrogens with zero attached hydrogens (tertiary/aromatic N) is 2. The molecule has 2 aliphatic heterocycles. The average molecular weight is 695 g/mol. The van der Waals surface area contributed by atoms with E-state index in [4.69, 9.17) is 19.2 Å². The van der Waals surface area contributed by atoms with E-state index in [0.29, 0.717) is 31.1 Å². The Morgan fingerprint density at radius 1 is 1.14 bits per heavy atom. The van der Waals surface area contributed by atoms with Crippen LogP contribution in [-0.4, -0.2) is 88.1 Å². The number of hydrogen-bond acceptors (Lipinski definition) is 9. The van der Waals surface area contributed by atoms with E-state index in [9.17, 15) is 24.3 Å². The number of para-hydroxylation sites is 1. The Morgan fingerprint density at radius 2 is 1.94 bits per heavy atom. The number of alkyl carbamates (subject to hydrolysis) is 1. The minimum Gasteiger partial charge on any atom is -0.488 e.